The maximum atomic E-state index is 5.13. The Kier molecular flexibility index (Phi) is 3.46. The van der Waals surface area contributed by atoms with E-state index < -0.39 is 0 Å². The molecule has 0 radical (unpaired) electrons. The molecule has 0 spiro atoms. The van der Waals surface area contributed by atoms with Gasteiger partial charge in [0.05, 0.1) is 10.7 Å². The Bertz CT molecular complexity index is 542. The molecule has 2 aromatic rings. The first-order valence-corrected chi connectivity index (χ1v) is 6.46. The molecule has 5 heteroatoms. The molecule has 0 saturated carbocycles. The van der Waals surface area contributed by atoms with Crippen molar-refractivity contribution in [2.45, 2.75) is 26.7 Å². The minimum absolute atomic E-state index is 0.651. The molecule has 16 heavy (non-hydrogen) atoms. The first-order chi connectivity index (χ1) is 7.67. The zero-order chi connectivity index (χ0) is 11.5. The highest BCUT2D eigenvalue weighted by atomic mass is 32.1. The second-order valence-corrected chi connectivity index (χ2v) is 5.06. The van der Waals surface area contributed by atoms with Crippen LogP contribution in [0.2, 0.25) is 0 Å². The molecular weight excluding hydrogens is 238 g/mol. The zero-order valence-electron chi connectivity index (χ0n) is 9.28. The summed E-state index contributed by atoms with van der Waals surface area (Å²) in [4.78, 5) is 12.0. The van der Waals surface area contributed by atoms with E-state index in [9.17, 15) is 0 Å². The highest BCUT2D eigenvalue weighted by molar-refractivity contribution is 7.71. The Balaban J connectivity index is 2.27. The normalized spacial score (nSPS) is 10.6. The molecule has 0 atom stereocenters. The largest absolute Gasteiger partial charge is 0.347 e. The first kappa shape index (κ1) is 11.4. The molecule has 0 aliphatic carbocycles. The summed E-state index contributed by atoms with van der Waals surface area (Å²) in [6.07, 6.45) is 1.66. The van der Waals surface area contributed by atoms with Crippen LogP contribution in [-0.4, -0.2) is 15.0 Å². The van der Waals surface area contributed by atoms with E-state index in [1.807, 2.05) is 13.0 Å². The van der Waals surface area contributed by atoms with E-state index in [1.165, 1.54) is 0 Å². The molecule has 0 aliphatic rings. The lowest BCUT2D eigenvalue weighted by Gasteiger charge is -2.02. The van der Waals surface area contributed by atoms with Crippen molar-refractivity contribution >= 4 is 23.6 Å². The van der Waals surface area contributed by atoms with Crippen LogP contribution in [0.5, 0.6) is 0 Å². The molecule has 0 aromatic carbocycles. The van der Waals surface area contributed by atoms with E-state index in [1.54, 1.807) is 11.3 Å². The van der Waals surface area contributed by atoms with Gasteiger partial charge in [0.2, 0.25) is 0 Å². The lowest BCUT2D eigenvalue weighted by Crippen LogP contribution is -2.00. The Hall–Kier alpha value is -1.07. The Morgan fingerprint density at radius 3 is 2.88 bits per heavy atom. The third-order valence-electron chi connectivity index (χ3n) is 2.24. The second-order valence-electron chi connectivity index (χ2n) is 3.58. The molecule has 2 aromatic heterocycles. The van der Waals surface area contributed by atoms with Crippen LogP contribution in [0.4, 0.5) is 0 Å². The van der Waals surface area contributed by atoms with Crippen molar-refractivity contribution in [2.24, 2.45) is 0 Å². The monoisotopic (exact) mass is 251 g/mol. The van der Waals surface area contributed by atoms with Gasteiger partial charge in [-0.2, -0.15) is 0 Å². The van der Waals surface area contributed by atoms with Crippen LogP contribution in [0.3, 0.4) is 0 Å². The van der Waals surface area contributed by atoms with Crippen molar-refractivity contribution in [2.75, 3.05) is 0 Å². The summed E-state index contributed by atoms with van der Waals surface area (Å²) in [5.74, 6) is 0.898. The number of nitrogens with one attached hydrogen (secondary N) is 1. The maximum Gasteiger partial charge on any atom is 0.130 e. The molecule has 0 saturated heterocycles. The summed E-state index contributed by atoms with van der Waals surface area (Å²) in [5.41, 5.74) is 2.18. The molecule has 0 bridgehead atoms. The molecule has 84 valence electrons. The summed E-state index contributed by atoms with van der Waals surface area (Å²) in [6, 6.07) is 1.91. The number of hydrogen-bond donors (Lipinski definition) is 1. The molecule has 0 fully saturated rings. The summed E-state index contributed by atoms with van der Waals surface area (Å²) in [5, 5.41) is 3.15. The minimum atomic E-state index is 0.651. The molecule has 2 heterocycles. The molecular formula is C11H13N3S2. The highest BCUT2D eigenvalue weighted by Gasteiger charge is 2.03. The van der Waals surface area contributed by atoms with Crippen molar-refractivity contribution in [3.8, 4) is 0 Å². The van der Waals surface area contributed by atoms with Gasteiger partial charge < -0.3 is 4.98 Å². The van der Waals surface area contributed by atoms with E-state index in [0.717, 1.165) is 35.1 Å². The SMILES string of the molecule is CCc1cc(=S)nc(Cc2csc(C)n2)[nH]1. The van der Waals surface area contributed by atoms with Crippen LogP contribution < -0.4 is 0 Å². The van der Waals surface area contributed by atoms with Crippen LogP contribution in [0.1, 0.15) is 29.1 Å². The van der Waals surface area contributed by atoms with Crippen molar-refractivity contribution in [1.29, 1.82) is 0 Å². The van der Waals surface area contributed by atoms with Gasteiger partial charge in [-0.15, -0.1) is 11.3 Å². The number of nitrogens with zero attached hydrogens (tertiary/aromatic N) is 2. The van der Waals surface area contributed by atoms with Crippen molar-refractivity contribution in [3.05, 3.63) is 38.3 Å². The number of rotatable bonds is 3. The van der Waals surface area contributed by atoms with Crippen molar-refractivity contribution in [1.82, 2.24) is 15.0 Å². The number of aromatic nitrogens is 3. The predicted octanol–water partition coefficient (Wildman–Crippen LogP) is 3.06. The van der Waals surface area contributed by atoms with Gasteiger partial charge in [-0.05, 0) is 19.4 Å². The third-order valence-corrected chi connectivity index (χ3v) is 3.28. The topological polar surface area (TPSA) is 41.6 Å². The van der Waals surface area contributed by atoms with Crippen molar-refractivity contribution < 1.29 is 0 Å². The van der Waals surface area contributed by atoms with E-state index in [4.69, 9.17) is 12.2 Å². The fourth-order valence-corrected chi connectivity index (χ4v) is 2.36. The van der Waals surface area contributed by atoms with Crippen LogP contribution >= 0.6 is 23.6 Å². The number of thiazole rings is 1. The highest BCUT2D eigenvalue weighted by Crippen LogP contribution is 2.11. The molecule has 0 amide bonds. The van der Waals surface area contributed by atoms with E-state index in [2.05, 4.69) is 27.3 Å². The van der Waals surface area contributed by atoms with Crippen LogP contribution in [0.15, 0.2) is 11.4 Å². The Labute approximate surface area is 104 Å². The average molecular weight is 251 g/mol. The third kappa shape index (κ3) is 2.74. The fourth-order valence-electron chi connectivity index (χ4n) is 1.50. The number of hydrogen-bond acceptors (Lipinski definition) is 4. The quantitative estimate of drug-likeness (QED) is 0.852. The second kappa shape index (κ2) is 4.84. The Morgan fingerprint density at radius 1 is 1.44 bits per heavy atom. The van der Waals surface area contributed by atoms with E-state index in [0.29, 0.717) is 4.64 Å². The van der Waals surface area contributed by atoms with Crippen LogP contribution in [0.25, 0.3) is 0 Å². The molecule has 1 N–H and O–H groups in total. The lowest BCUT2D eigenvalue weighted by molar-refractivity contribution is 0.885. The predicted molar refractivity (Wildman–Crippen MR) is 68.5 cm³/mol. The molecule has 3 nitrogen and oxygen atoms in total. The van der Waals surface area contributed by atoms with Gasteiger partial charge in [0.15, 0.2) is 0 Å². The smallest absolute Gasteiger partial charge is 0.130 e. The summed E-state index contributed by atoms with van der Waals surface area (Å²) >= 11 is 6.78. The Morgan fingerprint density at radius 2 is 2.25 bits per heavy atom. The van der Waals surface area contributed by atoms with Gasteiger partial charge in [0.25, 0.3) is 0 Å². The zero-order valence-corrected chi connectivity index (χ0v) is 10.9. The van der Waals surface area contributed by atoms with E-state index in [-0.39, 0.29) is 0 Å². The fraction of sp³-hybridized carbons (Fsp3) is 0.364. The maximum absolute atomic E-state index is 5.13. The van der Waals surface area contributed by atoms with Gasteiger partial charge in [0, 0.05) is 17.5 Å². The first-order valence-electron chi connectivity index (χ1n) is 5.17. The average Bonchev–Trinajstić information content (AvgIpc) is 2.63. The van der Waals surface area contributed by atoms with Crippen LogP contribution in [0, 0.1) is 11.6 Å². The van der Waals surface area contributed by atoms with E-state index >= 15 is 0 Å². The number of aromatic amines is 1. The summed E-state index contributed by atoms with van der Waals surface area (Å²) in [7, 11) is 0. The summed E-state index contributed by atoms with van der Waals surface area (Å²) in [6.45, 7) is 4.10. The number of aryl methyl sites for hydroxylation is 2. The van der Waals surface area contributed by atoms with Crippen LogP contribution in [-0.2, 0) is 12.8 Å². The minimum Gasteiger partial charge on any atom is -0.347 e. The standard InChI is InChI=1S/C11H13N3S2/c1-3-8-5-11(15)14-10(13-8)4-9-6-16-7(2)12-9/h5-6H,3-4H2,1-2H3,(H,13,14,15). The van der Waals surface area contributed by atoms with Gasteiger partial charge in [-0.25, -0.2) is 9.97 Å². The molecule has 0 aliphatic heterocycles. The lowest BCUT2D eigenvalue weighted by atomic mass is 10.3. The molecule has 0 unspecified atom stereocenters. The van der Waals surface area contributed by atoms with Gasteiger partial charge in [-0.1, -0.05) is 19.1 Å². The summed E-state index contributed by atoms with van der Waals surface area (Å²) < 4.78 is 0.651. The van der Waals surface area contributed by atoms with Gasteiger partial charge >= 0.3 is 0 Å². The molecule has 2 rings (SSSR count). The number of H-pyrrole nitrogens is 1. The van der Waals surface area contributed by atoms with Gasteiger partial charge in [0.1, 0.15) is 10.5 Å². The van der Waals surface area contributed by atoms with Gasteiger partial charge in [-0.3, -0.25) is 0 Å². The van der Waals surface area contributed by atoms with Crippen molar-refractivity contribution in [3.63, 3.8) is 0 Å².